The summed E-state index contributed by atoms with van der Waals surface area (Å²) in [5, 5.41) is 5.19. The van der Waals surface area contributed by atoms with Crippen LogP contribution < -0.4 is 11.1 Å². The minimum atomic E-state index is -0.368. The fourth-order valence-electron chi connectivity index (χ4n) is 1.60. The number of nitrogens with two attached hydrogens (primary N) is 1. The Bertz CT molecular complexity index is 461. The lowest BCUT2D eigenvalue weighted by molar-refractivity contribution is -0.112. The van der Waals surface area contributed by atoms with Gasteiger partial charge in [-0.2, -0.15) is 0 Å². The zero-order valence-corrected chi connectivity index (χ0v) is 11.6. The van der Waals surface area contributed by atoms with Crippen molar-refractivity contribution in [2.45, 2.75) is 31.8 Å². The van der Waals surface area contributed by atoms with Crippen LogP contribution in [0.15, 0.2) is 5.38 Å². The van der Waals surface area contributed by atoms with E-state index in [-0.39, 0.29) is 23.1 Å². The number of rotatable bonds is 4. The monoisotopic (exact) mass is 285 g/mol. The molecule has 0 aromatic carbocycles. The summed E-state index contributed by atoms with van der Waals surface area (Å²) in [6.07, 6.45) is 1.48. The molecular weight excluding hydrogens is 270 g/mol. The van der Waals surface area contributed by atoms with E-state index < -0.39 is 0 Å². The highest BCUT2D eigenvalue weighted by molar-refractivity contribution is 8.14. The zero-order chi connectivity index (χ0) is 13.1. The second-order valence-corrected chi connectivity index (χ2v) is 6.06. The van der Waals surface area contributed by atoms with Crippen molar-refractivity contribution in [2.75, 3.05) is 5.75 Å². The molecule has 7 heteroatoms. The summed E-state index contributed by atoms with van der Waals surface area (Å²) in [7, 11) is 0. The molecule has 2 rings (SSSR count). The van der Waals surface area contributed by atoms with Gasteiger partial charge in [0.2, 0.25) is 5.12 Å². The highest BCUT2D eigenvalue weighted by atomic mass is 32.2. The average Bonchev–Trinajstić information content (AvgIpc) is 2.98. The first-order valence-electron chi connectivity index (χ1n) is 5.80. The van der Waals surface area contributed by atoms with Gasteiger partial charge in [-0.1, -0.05) is 18.7 Å². The van der Waals surface area contributed by atoms with Gasteiger partial charge in [0, 0.05) is 11.1 Å². The number of carbonyl (C=O) groups is 2. The van der Waals surface area contributed by atoms with E-state index in [9.17, 15) is 9.59 Å². The van der Waals surface area contributed by atoms with E-state index in [1.54, 1.807) is 5.38 Å². The molecule has 1 aliphatic rings. The molecule has 1 amide bonds. The summed E-state index contributed by atoms with van der Waals surface area (Å²) in [4.78, 5) is 27.5. The van der Waals surface area contributed by atoms with Crippen molar-refractivity contribution in [3.05, 3.63) is 16.1 Å². The Morgan fingerprint density at radius 3 is 3.11 bits per heavy atom. The number of hydrogen-bond donors (Lipinski definition) is 2. The molecule has 1 aliphatic heterocycles. The molecule has 5 nitrogen and oxygen atoms in total. The van der Waals surface area contributed by atoms with Gasteiger partial charge in [-0.3, -0.25) is 9.59 Å². The van der Waals surface area contributed by atoms with E-state index in [0.29, 0.717) is 12.1 Å². The first-order chi connectivity index (χ1) is 8.61. The summed E-state index contributed by atoms with van der Waals surface area (Å²) in [6.45, 7) is 1.97. The van der Waals surface area contributed by atoms with Gasteiger partial charge < -0.3 is 11.1 Å². The van der Waals surface area contributed by atoms with E-state index in [1.165, 1.54) is 23.1 Å². The van der Waals surface area contributed by atoms with Crippen LogP contribution in [0.2, 0.25) is 0 Å². The van der Waals surface area contributed by atoms with Crippen molar-refractivity contribution in [1.82, 2.24) is 10.3 Å². The Morgan fingerprint density at radius 1 is 1.72 bits per heavy atom. The molecule has 98 valence electrons. The third-order valence-corrected chi connectivity index (χ3v) is 4.74. The van der Waals surface area contributed by atoms with E-state index in [4.69, 9.17) is 5.73 Å². The maximum Gasteiger partial charge on any atom is 0.271 e. The average molecular weight is 285 g/mol. The van der Waals surface area contributed by atoms with Crippen LogP contribution >= 0.6 is 23.1 Å². The molecule has 18 heavy (non-hydrogen) atoms. The summed E-state index contributed by atoms with van der Waals surface area (Å²) >= 11 is 2.65. The molecule has 1 aromatic heterocycles. The van der Waals surface area contributed by atoms with Gasteiger partial charge in [0.1, 0.15) is 10.7 Å². The van der Waals surface area contributed by atoms with Crippen LogP contribution in [0.25, 0.3) is 0 Å². The van der Waals surface area contributed by atoms with E-state index in [1.807, 2.05) is 6.92 Å². The van der Waals surface area contributed by atoms with Gasteiger partial charge in [0.15, 0.2) is 0 Å². The number of nitrogens with one attached hydrogen (secondary N) is 1. The lowest BCUT2D eigenvalue weighted by Gasteiger charge is -2.08. The van der Waals surface area contributed by atoms with Crippen LogP contribution in [0, 0.1) is 0 Å². The summed E-state index contributed by atoms with van der Waals surface area (Å²) in [6, 6.07) is -0.493. The number of thiazole rings is 1. The normalized spacial score (nSPS) is 21.0. The molecule has 0 saturated carbocycles. The molecule has 2 atom stereocenters. The highest BCUT2D eigenvalue weighted by Crippen LogP contribution is 2.21. The number of amides is 1. The molecule has 3 N–H and O–H groups in total. The van der Waals surface area contributed by atoms with Crippen LogP contribution in [0.3, 0.4) is 0 Å². The van der Waals surface area contributed by atoms with Crippen LogP contribution in [-0.4, -0.2) is 27.8 Å². The van der Waals surface area contributed by atoms with Crippen molar-refractivity contribution in [3.63, 3.8) is 0 Å². The fourth-order valence-corrected chi connectivity index (χ4v) is 3.41. The number of hydrogen-bond acceptors (Lipinski definition) is 6. The first-order valence-corrected chi connectivity index (χ1v) is 7.66. The van der Waals surface area contributed by atoms with Gasteiger partial charge in [0.05, 0.1) is 12.1 Å². The van der Waals surface area contributed by atoms with Gasteiger partial charge in [-0.25, -0.2) is 4.98 Å². The molecule has 0 spiro atoms. The van der Waals surface area contributed by atoms with E-state index in [2.05, 4.69) is 10.3 Å². The second kappa shape index (κ2) is 5.81. The fraction of sp³-hybridized carbons (Fsp3) is 0.545. The SMILES string of the molecule is CCC(N)c1nc(C(=O)NC2CCSC2=O)cs1. The molecule has 1 fully saturated rings. The largest absolute Gasteiger partial charge is 0.340 e. The van der Waals surface area contributed by atoms with Gasteiger partial charge in [-0.05, 0) is 12.8 Å². The van der Waals surface area contributed by atoms with Crippen LogP contribution in [0.4, 0.5) is 0 Å². The maximum absolute atomic E-state index is 11.9. The minimum Gasteiger partial charge on any atom is -0.340 e. The second-order valence-electron chi connectivity index (χ2n) is 4.07. The molecule has 0 bridgehead atoms. The Hall–Kier alpha value is -0.920. The third kappa shape index (κ3) is 2.90. The van der Waals surface area contributed by atoms with Crippen molar-refractivity contribution in [3.8, 4) is 0 Å². The summed E-state index contributed by atoms with van der Waals surface area (Å²) < 4.78 is 0. The predicted octanol–water partition coefficient (Wildman–Crippen LogP) is 1.31. The smallest absolute Gasteiger partial charge is 0.271 e. The van der Waals surface area contributed by atoms with Crippen LogP contribution in [0.5, 0.6) is 0 Å². The van der Waals surface area contributed by atoms with E-state index in [0.717, 1.165) is 17.2 Å². The topological polar surface area (TPSA) is 85.1 Å². The van der Waals surface area contributed by atoms with Crippen molar-refractivity contribution < 1.29 is 9.59 Å². The lowest BCUT2D eigenvalue weighted by Crippen LogP contribution is -2.37. The van der Waals surface area contributed by atoms with Crippen LogP contribution in [-0.2, 0) is 4.79 Å². The van der Waals surface area contributed by atoms with Crippen molar-refractivity contribution in [1.29, 1.82) is 0 Å². The minimum absolute atomic E-state index is 0.0315. The number of thioether (sulfide) groups is 1. The predicted molar refractivity (Wildman–Crippen MR) is 72.7 cm³/mol. The molecule has 1 saturated heterocycles. The van der Waals surface area contributed by atoms with Crippen LogP contribution in [0.1, 0.15) is 41.3 Å². The Labute approximate surface area is 114 Å². The standard InChI is InChI=1S/C11H15N3O2S2/c1-2-6(12)10-14-8(5-18-10)9(15)13-7-3-4-17-11(7)16/h5-7H,2-4,12H2,1H3,(H,13,15). The van der Waals surface area contributed by atoms with Gasteiger partial charge in [-0.15, -0.1) is 11.3 Å². The molecule has 1 aromatic rings. The number of carbonyl (C=O) groups excluding carboxylic acids is 2. The Morgan fingerprint density at radius 2 is 2.50 bits per heavy atom. The molecule has 0 radical (unpaired) electrons. The Kier molecular flexibility index (Phi) is 4.36. The maximum atomic E-state index is 11.9. The quantitative estimate of drug-likeness (QED) is 0.871. The number of nitrogens with zero attached hydrogens (tertiary/aromatic N) is 1. The first kappa shape index (κ1) is 13.5. The summed E-state index contributed by atoms with van der Waals surface area (Å²) in [5.74, 6) is 0.481. The lowest BCUT2D eigenvalue weighted by atomic mass is 10.2. The van der Waals surface area contributed by atoms with E-state index >= 15 is 0 Å². The zero-order valence-electron chi connectivity index (χ0n) is 10.0. The van der Waals surface area contributed by atoms with Crippen molar-refractivity contribution >= 4 is 34.1 Å². The number of aromatic nitrogens is 1. The molecule has 0 aliphatic carbocycles. The highest BCUT2D eigenvalue weighted by Gasteiger charge is 2.27. The Balaban J connectivity index is 2.00. The van der Waals surface area contributed by atoms with Gasteiger partial charge in [0.25, 0.3) is 5.91 Å². The molecular formula is C11H15N3O2S2. The van der Waals surface area contributed by atoms with Gasteiger partial charge >= 0.3 is 0 Å². The molecule has 2 heterocycles. The molecule has 2 unspecified atom stereocenters. The third-order valence-electron chi connectivity index (χ3n) is 2.75. The summed E-state index contributed by atoms with van der Waals surface area (Å²) in [5.41, 5.74) is 6.20. The van der Waals surface area contributed by atoms with Crippen molar-refractivity contribution in [2.24, 2.45) is 5.73 Å².